The molecule has 0 radical (unpaired) electrons. The second-order valence-corrected chi connectivity index (χ2v) is 6.47. The molecule has 3 N–H and O–H groups in total. The van der Waals surface area contributed by atoms with E-state index in [1.165, 1.54) is 4.80 Å². The van der Waals surface area contributed by atoms with Crippen molar-refractivity contribution >= 4 is 22.7 Å². The van der Waals surface area contributed by atoms with Crippen LogP contribution in [-0.2, 0) is 22.6 Å². The van der Waals surface area contributed by atoms with Crippen molar-refractivity contribution in [3.63, 3.8) is 0 Å². The van der Waals surface area contributed by atoms with Crippen molar-refractivity contribution in [3.05, 3.63) is 66.4 Å². The van der Waals surface area contributed by atoms with Crippen LogP contribution >= 0.6 is 0 Å². The molecule has 2 aromatic heterocycles. The zero-order valence-electron chi connectivity index (χ0n) is 15.5. The molecule has 146 valence electrons. The fraction of sp³-hybridized carbons (Fsp3) is 0.150. The monoisotopic (exact) mass is 389 g/mol. The van der Waals surface area contributed by atoms with Crippen LogP contribution in [0.25, 0.3) is 22.3 Å². The Morgan fingerprint density at radius 1 is 0.966 bits per heavy atom. The molecule has 0 aliphatic carbocycles. The van der Waals surface area contributed by atoms with Crippen LogP contribution in [-0.4, -0.2) is 37.0 Å². The first-order valence-electron chi connectivity index (χ1n) is 9.15. The van der Waals surface area contributed by atoms with Gasteiger partial charge in [-0.25, -0.2) is 0 Å². The Labute approximate surface area is 166 Å². The number of benzene rings is 2. The number of carbonyl (C=O) groups excluding carboxylic acids is 2. The summed E-state index contributed by atoms with van der Waals surface area (Å²) in [6, 6.07) is 17.3. The average molecular weight is 389 g/mol. The number of amides is 2. The topological polar surface area (TPSA) is 118 Å². The number of aryl methyl sites for hydroxylation is 1. The van der Waals surface area contributed by atoms with Gasteiger partial charge in [0.15, 0.2) is 0 Å². The highest BCUT2D eigenvalue weighted by Crippen LogP contribution is 2.18. The number of hydrogen-bond acceptors (Lipinski definition) is 5. The lowest BCUT2D eigenvalue weighted by Crippen LogP contribution is -2.43. The van der Waals surface area contributed by atoms with E-state index in [4.69, 9.17) is 0 Å². The maximum absolute atomic E-state index is 12.0. The molecule has 0 saturated heterocycles. The summed E-state index contributed by atoms with van der Waals surface area (Å²) < 4.78 is 0. The lowest BCUT2D eigenvalue weighted by Gasteiger charge is -2.06. The highest BCUT2D eigenvalue weighted by atomic mass is 16.2. The largest absolute Gasteiger partial charge is 0.361 e. The Balaban J connectivity index is 1.24. The van der Waals surface area contributed by atoms with Crippen molar-refractivity contribution in [2.24, 2.45) is 0 Å². The van der Waals surface area contributed by atoms with E-state index in [2.05, 4.69) is 31.2 Å². The first-order valence-corrected chi connectivity index (χ1v) is 9.15. The molecule has 2 aromatic carbocycles. The number of hydrazine groups is 1. The summed E-state index contributed by atoms with van der Waals surface area (Å²) in [5.41, 5.74) is 7.69. The van der Waals surface area contributed by atoms with Crippen LogP contribution in [0.5, 0.6) is 0 Å². The summed E-state index contributed by atoms with van der Waals surface area (Å²) in [5, 5.41) is 13.0. The Morgan fingerprint density at radius 2 is 1.72 bits per heavy atom. The highest BCUT2D eigenvalue weighted by Gasteiger charge is 2.11. The summed E-state index contributed by atoms with van der Waals surface area (Å²) >= 11 is 0. The maximum atomic E-state index is 12.0. The van der Waals surface area contributed by atoms with Gasteiger partial charge in [0.25, 0.3) is 5.91 Å². The third-order valence-electron chi connectivity index (χ3n) is 4.41. The third kappa shape index (κ3) is 4.46. The predicted molar refractivity (Wildman–Crippen MR) is 106 cm³/mol. The van der Waals surface area contributed by atoms with Gasteiger partial charge in [-0.1, -0.05) is 48.5 Å². The van der Waals surface area contributed by atoms with Gasteiger partial charge < -0.3 is 4.98 Å². The van der Waals surface area contributed by atoms with Gasteiger partial charge in [-0.05, 0) is 23.3 Å². The van der Waals surface area contributed by atoms with Crippen LogP contribution in [0.3, 0.4) is 0 Å². The lowest BCUT2D eigenvalue weighted by molar-refractivity contribution is -0.129. The molecule has 9 heteroatoms. The minimum Gasteiger partial charge on any atom is -0.361 e. The van der Waals surface area contributed by atoms with Crippen LogP contribution in [0.4, 0.5) is 0 Å². The van der Waals surface area contributed by atoms with E-state index in [-0.39, 0.29) is 18.9 Å². The molecule has 4 rings (SSSR count). The van der Waals surface area contributed by atoms with Gasteiger partial charge in [-0.2, -0.15) is 4.80 Å². The fourth-order valence-corrected chi connectivity index (χ4v) is 2.97. The molecule has 29 heavy (non-hydrogen) atoms. The Hall–Kier alpha value is -4.01. The molecule has 4 aromatic rings. The second kappa shape index (κ2) is 8.34. The van der Waals surface area contributed by atoms with E-state index in [9.17, 15) is 9.59 Å². The number of H-pyrrole nitrogens is 1. The number of fused-ring (bicyclic) bond motifs is 1. The SMILES string of the molecule is O=C(CCc1c[nH]c2ccccc12)NNC(=O)Cn1nnc(-c2ccccc2)n1. The Bertz CT molecular complexity index is 1130. The molecule has 0 atom stereocenters. The van der Waals surface area contributed by atoms with E-state index < -0.39 is 5.91 Å². The van der Waals surface area contributed by atoms with E-state index >= 15 is 0 Å². The summed E-state index contributed by atoms with van der Waals surface area (Å²) in [6.45, 7) is -0.150. The van der Waals surface area contributed by atoms with Gasteiger partial charge in [-0.15, -0.1) is 10.2 Å². The van der Waals surface area contributed by atoms with Crippen LogP contribution in [0.2, 0.25) is 0 Å². The number of tetrazole rings is 1. The number of carbonyl (C=O) groups is 2. The molecular formula is C20H19N7O2. The molecule has 0 unspecified atom stereocenters. The van der Waals surface area contributed by atoms with Crippen molar-refractivity contribution in [2.75, 3.05) is 0 Å². The zero-order chi connectivity index (χ0) is 20.1. The molecule has 9 nitrogen and oxygen atoms in total. The fourth-order valence-electron chi connectivity index (χ4n) is 2.97. The van der Waals surface area contributed by atoms with E-state index in [0.29, 0.717) is 12.2 Å². The van der Waals surface area contributed by atoms with Gasteiger partial charge in [0, 0.05) is 29.1 Å². The number of nitrogens with one attached hydrogen (secondary N) is 3. The van der Waals surface area contributed by atoms with E-state index in [1.807, 2.05) is 60.8 Å². The summed E-state index contributed by atoms with van der Waals surface area (Å²) in [6.07, 6.45) is 2.72. The van der Waals surface area contributed by atoms with Gasteiger partial charge in [0.2, 0.25) is 11.7 Å². The molecule has 0 aliphatic heterocycles. The molecule has 0 fully saturated rings. The molecule has 0 bridgehead atoms. The van der Waals surface area contributed by atoms with Gasteiger partial charge in [0.1, 0.15) is 6.54 Å². The van der Waals surface area contributed by atoms with Crippen molar-refractivity contribution < 1.29 is 9.59 Å². The minimum atomic E-state index is -0.442. The van der Waals surface area contributed by atoms with Crippen LogP contribution in [0.15, 0.2) is 60.8 Å². The van der Waals surface area contributed by atoms with Crippen molar-refractivity contribution in [3.8, 4) is 11.4 Å². The minimum absolute atomic E-state index is 0.150. The second-order valence-electron chi connectivity index (χ2n) is 6.47. The molecule has 0 aliphatic rings. The van der Waals surface area contributed by atoms with Crippen molar-refractivity contribution in [1.82, 2.24) is 36.0 Å². The zero-order valence-corrected chi connectivity index (χ0v) is 15.5. The normalized spacial score (nSPS) is 10.8. The molecule has 2 amide bonds. The predicted octanol–water partition coefficient (Wildman–Crippen LogP) is 1.60. The van der Waals surface area contributed by atoms with Gasteiger partial charge in [0.05, 0.1) is 0 Å². The van der Waals surface area contributed by atoms with Crippen LogP contribution in [0, 0.1) is 0 Å². The van der Waals surface area contributed by atoms with Crippen LogP contribution in [0.1, 0.15) is 12.0 Å². The van der Waals surface area contributed by atoms with Crippen molar-refractivity contribution in [1.29, 1.82) is 0 Å². The maximum Gasteiger partial charge on any atom is 0.262 e. The standard InChI is InChI=1S/C20H19N7O2/c28-18(11-10-15-12-21-17-9-5-4-8-16(15)17)22-23-19(29)13-27-25-20(24-26-27)14-6-2-1-3-7-14/h1-9,12,21H,10-11,13H2,(H,22,28)(H,23,29). The number of nitrogens with zero attached hydrogens (tertiary/aromatic N) is 4. The number of rotatable bonds is 6. The molecule has 0 spiro atoms. The molecule has 2 heterocycles. The lowest BCUT2D eigenvalue weighted by atomic mass is 10.1. The third-order valence-corrected chi connectivity index (χ3v) is 4.41. The van der Waals surface area contributed by atoms with Crippen molar-refractivity contribution in [2.45, 2.75) is 19.4 Å². The highest BCUT2D eigenvalue weighted by molar-refractivity contribution is 5.85. The summed E-state index contributed by atoms with van der Waals surface area (Å²) in [7, 11) is 0. The number of aromatic nitrogens is 5. The Morgan fingerprint density at radius 3 is 2.59 bits per heavy atom. The summed E-state index contributed by atoms with van der Waals surface area (Å²) in [5.74, 6) is -0.288. The molecule has 0 saturated carbocycles. The van der Waals surface area contributed by atoms with E-state index in [0.717, 1.165) is 22.0 Å². The first-order chi connectivity index (χ1) is 14.2. The Kier molecular flexibility index (Phi) is 5.28. The van der Waals surface area contributed by atoms with E-state index in [1.54, 1.807) is 0 Å². The number of aromatic amines is 1. The smallest absolute Gasteiger partial charge is 0.262 e. The number of para-hydroxylation sites is 1. The van der Waals surface area contributed by atoms with Gasteiger partial charge in [-0.3, -0.25) is 20.4 Å². The molecular weight excluding hydrogens is 370 g/mol. The van der Waals surface area contributed by atoms with Gasteiger partial charge >= 0.3 is 0 Å². The average Bonchev–Trinajstić information content (AvgIpc) is 3.38. The quantitative estimate of drug-likeness (QED) is 0.433. The number of hydrogen-bond donors (Lipinski definition) is 3. The first kappa shape index (κ1) is 18.4. The summed E-state index contributed by atoms with van der Waals surface area (Å²) in [4.78, 5) is 28.4. The van der Waals surface area contributed by atoms with Crippen LogP contribution < -0.4 is 10.9 Å².